The Morgan fingerprint density at radius 1 is 0.531 bits per heavy atom. The van der Waals surface area contributed by atoms with E-state index in [0.717, 1.165) is 34.2 Å². The molecule has 0 spiro atoms. The molecule has 4 aromatic rings. The lowest BCUT2D eigenvalue weighted by Crippen LogP contribution is -2.46. The van der Waals surface area contributed by atoms with Gasteiger partial charge >= 0.3 is 34.7 Å². The molecule has 16 atom stereocenters. The van der Waals surface area contributed by atoms with Gasteiger partial charge in [0.25, 0.3) is 11.1 Å². The zero-order valence-corrected chi connectivity index (χ0v) is 46.0. The van der Waals surface area contributed by atoms with Gasteiger partial charge in [-0.2, -0.15) is 0 Å². The minimum absolute atomic E-state index is 0. The summed E-state index contributed by atoms with van der Waals surface area (Å²) in [7, 11) is 0. The second-order valence-corrected chi connectivity index (χ2v) is 20.7. The first-order chi connectivity index (χ1) is 36.3. The van der Waals surface area contributed by atoms with E-state index in [4.69, 9.17) is 63.1 Å². The molecular weight excluding hydrogens is 1110 g/mol. The molecule has 28 nitrogen and oxygen atoms in total. The van der Waals surface area contributed by atoms with Crippen LogP contribution in [0.4, 0.5) is 0 Å². The predicted octanol–water partition coefficient (Wildman–Crippen LogP) is 1.33. The Hall–Kier alpha value is -5.90. The molecule has 0 aliphatic carbocycles. The van der Waals surface area contributed by atoms with Crippen LogP contribution in [0.1, 0.15) is 129 Å². The van der Waals surface area contributed by atoms with Gasteiger partial charge in [0.1, 0.15) is 44.9 Å². The van der Waals surface area contributed by atoms with E-state index in [-0.39, 0.29) is 56.7 Å². The molecule has 0 bridgehead atoms. The lowest BCUT2D eigenvalue weighted by atomic mass is 9.86. The van der Waals surface area contributed by atoms with E-state index in [1.54, 1.807) is 26.1 Å². The molecular formula is C51H80N8O20S2. The summed E-state index contributed by atoms with van der Waals surface area (Å²) in [6.07, 6.45) is -1.58. The standard InChI is InChI=1S/C14H20N2O5.C14H20N2O4S.C10H14N2O6.C10H14N2O5S.3CH4/c1-5-10-8(2)14(4,21-9(3)17)12(20-10)16-7-6-11(18)15-13(16)19;1-5-10-8(2)14(4,20-9(3)17)12(19-10)16-7-6-11(21)15-13(16)18;1-10(17)7(15)5(4-13)18-8(10)12-3-2-6(14)11-9(12)16;1-10(16)7(14)5(4-13)17-8(10)12-3-2-6(18)11-9(12)15;;;/h6-8,10,12H,5H2,1-4H3,(H,15,18,19);6-8,10,12H,5H2,1-4H3,(H,15,18,21);2-3,5,7-8,13,15,17H,4H2,1H3,(H,11,14,16);2-3,5,7-8,13-14,16H,4H2,1H3,(H,11,15,18);3*1H4/t2*8-,10+,12+,14?;2*5-,7+,8-,10?;;;/m0011.../s1. The molecule has 30 heteroatoms. The average Bonchev–Trinajstić information content (AvgIpc) is 3.93. The van der Waals surface area contributed by atoms with Crippen molar-refractivity contribution in [1.82, 2.24) is 38.2 Å². The van der Waals surface area contributed by atoms with Crippen molar-refractivity contribution >= 4 is 36.4 Å². The van der Waals surface area contributed by atoms with Crippen molar-refractivity contribution in [2.24, 2.45) is 11.8 Å². The molecule has 8 heterocycles. The third-order valence-corrected chi connectivity index (χ3v) is 14.8. The molecule has 456 valence electrons. The van der Waals surface area contributed by atoms with Crippen LogP contribution in [-0.2, 0) is 38.0 Å². The molecule has 0 aromatic carbocycles. The Morgan fingerprint density at radius 2 is 0.802 bits per heavy atom. The van der Waals surface area contributed by atoms with Crippen LogP contribution in [0.5, 0.6) is 0 Å². The fourth-order valence-corrected chi connectivity index (χ4v) is 10.0. The van der Waals surface area contributed by atoms with E-state index in [0.29, 0.717) is 4.64 Å². The molecule has 4 aromatic heterocycles. The zero-order chi connectivity index (χ0) is 58.6. The number of aromatic nitrogens is 8. The van der Waals surface area contributed by atoms with Gasteiger partial charge in [0.15, 0.2) is 36.1 Å². The van der Waals surface area contributed by atoms with Crippen LogP contribution in [0.3, 0.4) is 0 Å². The van der Waals surface area contributed by atoms with E-state index in [2.05, 4.69) is 15.0 Å². The van der Waals surface area contributed by atoms with Crippen molar-refractivity contribution in [3.63, 3.8) is 0 Å². The molecule has 4 fully saturated rings. The average molecular weight is 1190 g/mol. The Bertz CT molecular complexity index is 3040. The van der Waals surface area contributed by atoms with Crippen LogP contribution < -0.4 is 33.9 Å². The summed E-state index contributed by atoms with van der Waals surface area (Å²) in [4.78, 5) is 102. The summed E-state index contributed by atoms with van der Waals surface area (Å²) in [5.74, 6) is -0.958. The fourth-order valence-electron chi connectivity index (χ4n) is 9.74. The predicted molar refractivity (Wildman–Crippen MR) is 297 cm³/mol. The third kappa shape index (κ3) is 15.0. The number of nitrogens with one attached hydrogen (secondary N) is 4. The van der Waals surface area contributed by atoms with Gasteiger partial charge in [-0.25, -0.2) is 19.2 Å². The van der Waals surface area contributed by atoms with Gasteiger partial charge in [-0.3, -0.25) is 57.4 Å². The number of aliphatic hydroxyl groups excluding tert-OH is 4. The molecule has 4 aliphatic heterocycles. The first-order valence-electron chi connectivity index (χ1n) is 24.6. The maximum absolute atomic E-state index is 12.1. The highest BCUT2D eigenvalue weighted by Crippen LogP contribution is 2.47. The highest BCUT2D eigenvalue weighted by Gasteiger charge is 2.57. The Labute approximate surface area is 475 Å². The number of aromatic amines is 4. The van der Waals surface area contributed by atoms with Gasteiger partial charge in [-0.15, -0.1) is 0 Å². The molecule has 0 saturated carbocycles. The molecule has 4 unspecified atom stereocenters. The van der Waals surface area contributed by atoms with Crippen molar-refractivity contribution < 1.29 is 68.6 Å². The van der Waals surface area contributed by atoms with Crippen molar-refractivity contribution in [2.45, 2.75) is 188 Å². The van der Waals surface area contributed by atoms with Crippen LogP contribution in [0.15, 0.2) is 77.8 Å². The van der Waals surface area contributed by atoms with Crippen LogP contribution in [0, 0.1) is 21.1 Å². The van der Waals surface area contributed by atoms with Crippen molar-refractivity contribution in [1.29, 1.82) is 0 Å². The fraction of sp³-hybridized carbons (Fsp3) is 0.647. The lowest BCUT2D eigenvalue weighted by Gasteiger charge is -2.33. The molecule has 81 heavy (non-hydrogen) atoms. The van der Waals surface area contributed by atoms with E-state index < -0.39 is 125 Å². The monoisotopic (exact) mass is 1190 g/mol. The molecule has 0 radical (unpaired) electrons. The highest BCUT2D eigenvalue weighted by molar-refractivity contribution is 7.71. The zero-order valence-electron chi connectivity index (χ0n) is 44.4. The molecule has 8 rings (SSSR count). The number of carbonyl (C=O) groups excluding carboxylic acids is 2. The third-order valence-electron chi connectivity index (χ3n) is 14.3. The molecule has 4 saturated heterocycles. The summed E-state index contributed by atoms with van der Waals surface area (Å²) in [5.41, 5.74) is -8.68. The number of carbonyl (C=O) groups is 2. The number of H-pyrrole nitrogens is 4. The number of hydrogen-bond acceptors (Lipinski definition) is 22. The SMILES string of the molecule is C.C.C.CC1(O)[C@@H](O)[C@@H](CO)O[C@H]1n1ccc(=O)[nH]c1=O.CC1(O)[C@@H](O)[C@@H](CO)O[C@H]1n1ccc(=S)[nH]c1=O.CC[C@H]1O[C@@H](n2ccc(=O)[nH]c2=O)C(C)(OC(C)=O)[C@H]1C.CC[C@H]1O[C@@H](n2ccc(=S)[nH]c2=O)C(C)(OC(C)=O)[C@H]1C. The maximum atomic E-state index is 12.1. The van der Waals surface area contributed by atoms with Crippen LogP contribution in [0.2, 0.25) is 0 Å². The van der Waals surface area contributed by atoms with E-state index in [9.17, 15) is 58.8 Å². The van der Waals surface area contributed by atoms with Crippen LogP contribution in [0.25, 0.3) is 0 Å². The van der Waals surface area contributed by atoms with E-state index in [1.807, 2.05) is 32.7 Å². The van der Waals surface area contributed by atoms with Gasteiger partial charge in [-0.05, 0) is 52.7 Å². The van der Waals surface area contributed by atoms with Crippen molar-refractivity contribution in [2.75, 3.05) is 13.2 Å². The normalized spacial score (nSPS) is 32.6. The minimum Gasteiger partial charge on any atom is -0.454 e. The number of rotatable bonds is 10. The smallest absolute Gasteiger partial charge is 0.330 e. The highest BCUT2D eigenvalue weighted by atomic mass is 32.1. The van der Waals surface area contributed by atoms with Crippen LogP contribution in [-0.4, -0.2) is 153 Å². The first kappa shape index (κ1) is 71.2. The number of esters is 2. The Kier molecular flexibility index (Phi) is 25.0. The first-order valence-corrected chi connectivity index (χ1v) is 25.4. The van der Waals surface area contributed by atoms with Crippen molar-refractivity contribution in [3.8, 4) is 0 Å². The summed E-state index contributed by atoms with van der Waals surface area (Å²) in [6, 6.07) is 5.41. The van der Waals surface area contributed by atoms with Gasteiger partial charge in [0.05, 0.1) is 25.4 Å². The van der Waals surface area contributed by atoms with Crippen molar-refractivity contribution in [3.05, 3.63) is 121 Å². The molecule has 10 N–H and O–H groups in total. The number of hydrogen-bond donors (Lipinski definition) is 10. The summed E-state index contributed by atoms with van der Waals surface area (Å²) < 4.78 is 38.8. The second kappa shape index (κ2) is 28.4. The topological polar surface area (TPSA) is 396 Å². The quantitative estimate of drug-likeness (QED) is 0.0791. The summed E-state index contributed by atoms with van der Waals surface area (Å²) >= 11 is 9.73. The summed E-state index contributed by atoms with van der Waals surface area (Å²) in [5, 5.41) is 57.9. The van der Waals surface area contributed by atoms with Crippen LogP contribution >= 0.6 is 24.4 Å². The van der Waals surface area contributed by atoms with E-state index >= 15 is 0 Å². The number of aliphatic hydroxyl groups is 6. The lowest BCUT2D eigenvalue weighted by molar-refractivity contribution is -0.172. The van der Waals surface area contributed by atoms with E-state index in [1.165, 1.54) is 61.4 Å². The Balaban J connectivity index is 0.000000365. The van der Waals surface area contributed by atoms with Gasteiger partial charge < -0.3 is 59.1 Å². The second-order valence-electron chi connectivity index (χ2n) is 19.8. The minimum atomic E-state index is -1.75. The molecule has 4 aliphatic rings. The van der Waals surface area contributed by atoms with Gasteiger partial charge in [0, 0.05) is 62.6 Å². The largest absolute Gasteiger partial charge is 0.454 e. The Morgan fingerprint density at radius 3 is 1.05 bits per heavy atom. The molecule has 0 amide bonds. The number of ether oxygens (including phenoxy) is 6. The number of nitrogens with zero attached hydrogens (tertiary/aromatic N) is 4. The maximum Gasteiger partial charge on any atom is 0.330 e. The van der Waals surface area contributed by atoms with Gasteiger partial charge in [-0.1, -0.05) is 74.4 Å². The van der Waals surface area contributed by atoms with Gasteiger partial charge in [0.2, 0.25) is 0 Å². The summed E-state index contributed by atoms with van der Waals surface area (Å²) in [6.45, 7) is 15.8.